The van der Waals surface area contributed by atoms with E-state index in [0.717, 1.165) is 0 Å². The summed E-state index contributed by atoms with van der Waals surface area (Å²) < 4.78 is 48.3. The van der Waals surface area contributed by atoms with Gasteiger partial charge in [-0.2, -0.15) is 0 Å². The van der Waals surface area contributed by atoms with E-state index < -0.39 is 19.3 Å². The molecule has 0 aromatic carbocycles. The Hall–Kier alpha value is 0.260. The molecule has 1 aliphatic rings. The van der Waals surface area contributed by atoms with Crippen LogP contribution in [0, 0.1) is 5.92 Å². The normalized spacial score (nSPS) is 24.8. The lowest BCUT2D eigenvalue weighted by Crippen LogP contribution is -2.36. The second kappa shape index (κ2) is 9.45. The minimum absolute atomic E-state index is 0.195. The summed E-state index contributed by atoms with van der Waals surface area (Å²) in [6.07, 6.45) is 3.73. The maximum absolute atomic E-state index is 13.7. The molecule has 1 aliphatic carbocycles. The third-order valence-corrected chi connectivity index (χ3v) is 11.8. The molecule has 2 atom stereocenters. The fourth-order valence-corrected chi connectivity index (χ4v) is 9.57. The summed E-state index contributed by atoms with van der Waals surface area (Å²) in [5.41, 5.74) is 0.667. The van der Waals surface area contributed by atoms with Gasteiger partial charge < -0.3 is 18.1 Å². The Morgan fingerprint density at radius 3 is 1.84 bits per heavy atom. The molecule has 0 spiro atoms. The Morgan fingerprint density at radius 2 is 1.44 bits per heavy atom. The molecule has 0 aromatic heterocycles. The Balaban J connectivity index is 3.70. The molecule has 9 heteroatoms. The number of hydrogen-bond donors (Lipinski definition) is 0. The van der Waals surface area contributed by atoms with Crippen LogP contribution in [0.25, 0.3) is 0 Å². The van der Waals surface area contributed by atoms with Crippen molar-refractivity contribution >= 4 is 31.1 Å². The second-order valence-corrected chi connectivity index (χ2v) is 11.6. The summed E-state index contributed by atoms with van der Waals surface area (Å²) in [6, 6.07) is 0. The van der Waals surface area contributed by atoms with Crippen molar-refractivity contribution in [1.29, 1.82) is 0 Å². The fourth-order valence-electron chi connectivity index (χ4n) is 2.85. The smallest absolute Gasteiger partial charge is 0.308 e. The highest BCUT2D eigenvalue weighted by atomic mass is 79.9. The molecule has 0 saturated carbocycles. The predicted octanol–water partition coefficient (Wildman–Crippen LogP) is 6.09. The highest BCUT2D eigenvalue weighted by Crippen LogP contribution is 2.78. The maximum Gasteiger partial charge on any atom is 0.359 e. The number of rotatable bonds is 10. The monoisotopic (exact) mass is 458 g/mol. The SMILES string of the molecule is CCOP(=O)(OCC)C1=C(C)C=CC(C)C1(Br)P(=O)(OCC)OCC. The molecule has 0 amide bonds. The molecule has 0 fully saturated rings. The molecular weight excluding hydrogens is 430 g/mol. The van der Waals surface area contributed by atoms with E-state index in [1.54, 1.807) is 34.6 Å². The molecule has 0 aliphatic heterocycles. The van der Waals surface area contributed by atoms with Crippen LogP contribution >= 0.6 is 31.1 Å². The Bertz CT molecular complexity index is 598. The van der Waals surface area contributed by atoms with Gasteiger partial charge in [-0.15, -0.1) is 0 Å². The summed E-state index contributed by atoms with van der Waals surface area (Å²) in [6.45, 7) is 11.4. The van der Waals surface area contributed by atoms with Crippen molar-refractivity contribution in [1.82, 2.24) is 0 Å². The molecule has 0 heterocycles. The van der Waals surface area contributed by atoms with Gasteiger partial charge in [0.1, 0.15) is 0 Å². The number of halogens is 1. The van der Waals surface area contributed by atoms with Crippen molar-refractivity contribution in [3.8, 4) is 0 Å². The van der Waals surface area contributed by atoms with E-state index >= 15 is 0 Å². The van der Waals surface area contributed by atoms with E-state index in [-0.39, 0.29) is 32.3 Å². The van der Waals surface area contributed by atoms with E-state index in [4.69, 9.17) is 18.1 Å². The molecule has 0 bridgehead atoms. The van der Waals surface area contributed by atoms with Crippen molar-refractivity contribution in [2.75, 3.05) is 26.4 Å². The molecule has 2 unspecified atom stereocenters. The van der Waals surface area contributed by atoms with Gasteiger partial charge in [0.15, 0.2) is 4.07 Å². The van der Waals surface area contributed by atoms with Crippen LogP contribution in [-0.2, 0) is 27.2 Å². The lowest BCUT2D eigenvalue weighted by Gasteiger charge is -2.43. The van der Waals surface area contributed by atoms with Crippen LogP contribution in [0.2, 0.25) is 0 Å². The van der Waals surface area contributed by atoms with E-state index in [9.17, 15) is 9.13 Å². The van der Waals surface area contributed by atoms with Crippen LogP contribution in [0.15, 0.2) is 23.0 Å². The van der Waals surface area contributed by atoms with Gasteiger partial charge in [0.25, 0.3) is 0 Å². The molecule has 6 nitrogen and oxygen atoms in total. The van der Waals surface area contributed by atoms with Gasteiger partial charge in [-0.25, -0.2) is 0 Å². The topological polar surface area (TPSA) is 71.1 Å². The largest absolute Gasteiger partial charge is 0.359 e. The molecule has 0 N–H and O–H groups in total. The van der Waals surface area contributed by atoms with E-state index in [1.165, 1.54) is 0 Å². The first-order valence-electron chi connectivity index (χ1n) is 8.54. The van der Waals surface area contributed by atoms with E-state index in [0.29, 0.717) is 10.9 Å². The quantitative estimate of drug-likeness (QED) is 0.291. The van der Waals surface area contributed by atoms with Crippen LogP contribution in [0.4, 0.5) is 0 Å². The van der Waals surface area contributed by atoms with Crippen LogP contribution < -0.4 is 0 Å². The van der Waals surface area contributed by atoms with Gasteiger partial charge in [-0.3, -0.25) is 9.13 Å². The molecule has 25 heavy (non-hydrogen) atoms. The van der Waals surface area contributed by atoms with E-state index in [1.807, 2.05) is 19.1 Å². The summed E-state index contributed by atoms with van der Waals surface area (Å²) in [4.78, 5) is 0. The maximum atomic E-state index is 13.7. The lowest BCUT2D eigenvalue weighted by atomic mass is 9.98. The zero-order valence-corrected chi connectivity index (χ0v) is 19.2. The standard InChI is InChI=1S/C16H29BrO6P2/c1-7-20-24(18,21-8-2)15-13(5)11-12-14(6)16(15,17)25(19,22-9-3)23-10-4/h11-12,14H,7-10H2,1-6H3. The number of allylic oxidation sites excluding steroid dienone is 4. The third kappa shape index (κ3) is 4.40. The Morgan fingerprint density at radius 1 is 1.00 bits per heavy atom. The average Bonchev–Trinajstić information content (AvgIpc) is 2.52. The molecule has 0 aromatic rings. The predicted molar refractivity (Wildman–Crippen MR) is 104 cm³/mol. The molecule has 1 rings (SSSR count). The van der Waals surface area contributed by atoms with Gasteiger partial charge in [-0.05, 0) is 40.2 Å². The van der Waals surface area contributed by atoms with Gasteiger partial charge in [0.05, 0.1) is 31.7 Å². The van der Waals surface area contributed by atoms with Crippen LogP contribution in [0.5, 0.6) is 0 Å². The lowest BCUT2D eigenvalue weighted by molar-refractivity contribution is 0.202. The van der Waals surface area contributed by atoms with Gasteiger partial charge in [0.2, 0.25) is 0 Å². The summed E-state index contributed by atoms with van der Waals surface area (Å²) in [5, 5.41) is 0.309. The average molecular weight is 459 g/mol. The molecular formula is C16H29BrO6P2. The minimum Gasteiger partial charge on any atom is -0.308 e. The fraction of sp³-hybridized carbons (Fsp3) is 0.750. The zero-order chi connectivity index (χ0) is 19.3. The highest BCUT2D eigenvalue weighted by molar-refractivity contribution is 9.11. The van der Waals surface area contributed by atoms with Gasteiger partial charge in [0, 0.05) is 5.92 Å². The van der Waals surface area contributed by atoms with Crippen LogP contribution in [0.3, 0.4) is 0 Å². The van der Waals surface area contributed by atoms with Crippen LogP contribution in [-0.4, -0.2) is 30.5 Å². The first kappa shape index (κ1) is 23.3. The zero-order valence-electron chi connectivity index (χ0n) is 15.8. The van der Waals surface area contributed by atoms with Crippen molar-refractivity contribution in [2.24, 2.45) is 5.92 Å². The summed E-state index contributed by atoms with van der Waals surface area (Å²) in [7, 11) is -7.43. The Labute approximate surface area is 159 Å². The van der Waals surface area contributed by atoms with Crippen molar-refractivity contribution in [3.05, 3.63) is 23.0 Å². The molecule has 0 radical (unpaired) electrons. The van der Waals surface area contributed by atoms with Crippen molar-refractivity contribution in [3.63, 3.8) is 0 Å². The minimum atomic E-state index is -3.72. The van der Waals surface area contributed by atoms with Gasteiger partial charge >= 0.3 is 15.2 Å². The van der Waals surface area contributed by atoms with Crippen molar-refractivity contribution < 1.29 is 27.2 Å². The van der Waals surface area contributed by atoms with Crippen LogP contribution in [0.1, 0.15) is 41.5 Å². The van der Waals surface area contributed by atoms with Crippen molar-refractivity contribution in [2.45, 2.75) is 45.6 Å². The molecule has 0 saturated heterocycles. The third-order valence-electron chi connectivity index (χ3n) is 3.81. The number of alkyl halides is 1. The number of hydrogen-bond acceptors (Lipinski definition) is 6. The highest BCUT2D eigenvalue weighted by Gasteiger charge is 2.61. The Kier molecular flexibility index (Phi) is 8.81. The second-order valence-electron chi connectivity index (χ2n) is 5.52. The van der Waals surface area contributed by atoms with Gasteiger partial charge in [-0.1, -0.05) is 35.0 Å². The molecule has 146 valence electrons. The summed E-state index contributed by atoms with van der Waals surface area (Å²) in [5.74, 6) is -0.315. The first-order chi connectivity index (χ1) is 11.7. The summed E-state index contributed by atoms with van der Waals surface area (Å²) >= 11 is 3.61. The first-order valence-corrected chi connectivity index (χ1v) is 12.4. The van der Waals surface area contributed by atoms with E-state index in [2.05, 4.69) is 15.9 Å².